The van der Waals surface area contributed by atoms with Crippen LogP contribution in [0.15, 0.2) is 5.38 Å². The largest absolute Gasteiger partial charge is 0.333 e. The first-order chi connectivity index (χ1) is 10.1. The van der Waals surface area contributed by atoms with Gasteiger partial charge < -0.3 is 4.90 Å². The van der Waals surface area contributed by atoms with Crippen molar-refractivity contribution < 1.29 is 9.59 Å². The van der Waals surface area contributed by atoms with Gasteiger partial charge in [-0.3, -0.25) is 9.59 Å². The zero-order valence-electron chi connectivity index (χ0n) is 12.3. The highest BCUT2D eigenvalue weighted by molar-refractivity contribution is 7.09. The van der Waals surface area contributed by atoms with Crippen LogP contribution in [0.25, 0.3) is 0 Å². The number of hydrogen-bond donors (Lipinski definition) is 0. The van der Waals surface area contributed by atoms with Crippen LogP contribution in [0.5, 0.6) is 0 Å². The molecule has 6 heteroatoms. The number of aromatic nitrogens is 1. The number of aryl methyl sites for hydroxylation is 1. The van der Waals surface area contributed by atoms with Gasteiger partial charge in [0.05, 0.1) is 12.1 Å². The second kappa shape index (κ2) is 6.81. The van der Waals surface area contributed by atoms with Gasteiger partial charge in [0.1, 0.15) is 5.01 Å². The molecule has 0 saturated carbocycles. The number of nitrogens with zero attached hydrogens (tertiary/aromatic N) is 3. The molecule has 112 valence electrons. The minimum absolute atomic E-state index is 0.0142. The van der Waals surface area contributed by atoms with E-state index in [9.17, 15) is 14.9 Å². The molecule has 21 heavy (non-hydrogen) atoms. The molecule has 2 heterocycles. The zero-order chi connectivity index (χ0) is 15.4. The summed E-state index contributed by atoms with van der Waals surface area (Å²) in [5.74, 6) is -1.03. The van der Waals surface area contributed by atoms with Gasteiger partial charge in [-0.2, -0.15) is 5.26 Å². The number of carbonyl (C=O) groups excluding carboxylic acids is 2. The van der Waals surface area contributed by atoms with Crippen molar-refractivity contribution in [3.63, 3.8) is 0 Å². The molecule has 2 rings (SSSR count). The third kappa shape index (κ3) is 3.30. The van der Waals surface area contributed by atoms with Gasteiger partial charge in [0, 0.05) is 24.0 Å². The second-order valence-corrected chi connectivity index (χ2v) is 6.18. The molecule has 1 saturated heterocycles. The number of ketones is 1. The predicted octanol–water partition coefficient (Wildman–Crippen LogP) is 2.42. The number of carbonyl (C=O) groups is 2. The van der Waals surface area contributed by atoms with Crippen molar-refractivity contribution in [1.29, 1.82) is 5.26 Å². The molecule has 0 N–H and O–H groups in total. The van der Waals surface area contributed by atoms with E-state index in [1.165, 1.54) is 11.3 Å². The molecule has 1 aromatic rings. The van der Waals surface area contributed by atoms with Gasteiger partial charge in [-0.25, -0.2) is 4.98 Å². The fourth-order valence-electron chi connectivity index (χ4n) is 2.66. The Hall–Kier alpha value is -1.74. The van der Waals surface area contributed by atoms with E-state index in [0.717, 1.165) is 18.5 Å². The third-order valence-corrected chi connectivity index (χ3v) is 4.69. The summed E-state index contributed by atoms with van der Waals surface area (Å²) in [5, 5.41) is 11.7. The number of amides is 1. The molecule has 1 fully saturated rings. The van der Waals surface area contributed by atoms with E-state index in [1.807, 2.05) is 19.2 Å². The minimum Gasteiger partial charge on any atom is -0.333 e. The van der Waals surface area contributed by atoms with E-state index in [1.54, 1.807) is 4.90 Å². The summed E-state index contributed by atoms with van der Waals surface area (Å²) in [5.41, 5.74) is 0.813. The third-order valence-electron chi connectivity index (χ3n) is 3.66. The van der Waals surface area contributed by atoms with Crippen LogP contribution in [0, 0.1) is 18.3 Å². The molecule has 2 atom stereocenters. The normalized spacial score (nSPS) is 19.3. The first-order valence-electron chi connectivity index (χ1n) is 7.23. The first kappa shape index (κ1) is 15.6. The molecular weight excluding hydrogens is 286 g/mol. The van der Waals surface area contributed by atoms with Crippen molar-refractivity contribution in [2.75, 3.05) is 6.54 Å². The van der Waals surface area contributed by atoms with Gasteiger partial charge in [0.15, 0.2) is 11.7 Å². The molecule has 0 spiro atoms. The predicted molar refractivity (Wildman–Crippen MR) is 79.9 cm³/mol. The average molecular weight is 305 g/mol. The highest BCUT2D eigenvalue weighted by Crippen LogP contribution is 2.28. The van der Waals surface area contributed by atoms with Gasteiger partial charge in [-0.1, -0.05) is 6.92 Å². The summed E-state index contributed by atoms with van der Waals surface area (Å²) in [6.07, 6.45) is 2.69. The number of rotatable bonds is 5. The summed E-state index contributed by atoms with van der Waals surface area (Å²) in [4.78, 5) is 30.6. The van der Waals surface area contributed by atoms with E-state index >= 15 is 0 Å². The van der Waals surface area contributed by atoms with E-state index in [2.05, 4.69) is 11.1 Å². The maximum Gasteiger partial charge on any atom is 0.223 e. The summed E-state index contributed by atoms with van der Waals surface area (Å²) in [6, 6.07) is 1.60. The van der Waals surface area contributed by atoms with Crippen LogP contribution in [0.1, 0.15) is 49.2 Å². The lowest BCUT2D eigenvalue weighted by Gasteiger charge is -2.24. The summed E-state index contributed by atoms with van der Waals surface area (Å²) in [7, 11) is 0. The van der Waals surface area contributed by atoms with E-state index in [-0.39, 0.29) is 11.7 Å². The average Bonchev–Trinajstić information content (AvgIpc) is 3.09. The Morgan fingerprint density at radius 1 is 1.62 bits per heavy atom. The smallest absolute Gasteiger partial charge is 0.223 e. The van der Waals surface area contributed by atoms with Crippen molar-refractivity contribution in [2.45, 2.75) is 51.5 Å². The van der Waals surface area contributed by atoms with Crippen molar-refractivity contribution in [1.82, 2.24) is 9.88 Å². The lowest BCUT2D eigenvalue weighted by atomic mass is 9.98. The molecule has 1 aliphatic rings. The number of nitriles is 1. The fourth-order valence-corrected chi connectivity index (χ4v) is 3.50. The minimum atomic E-state index is -0.858. The molecule has 0 aromatic carbocycles. The maximum atomic E-state index is 12.7. The number of thiazole rings is 1. The standard InChI is InChI=1S/C15H19N3O2S/c1-3-5-13(19)18-7-4-6-12(18)14(20)11(8-16)15-17-10(2)9-21-15/h9,11-12H,3-7H2,1-2H3/t11-,12+/m0/s1. The van der Waals surface area contributed by atoms with Gasteiger partial charge in [-0.05, 0) is 26.2 Å². The van der Waals surface area contributed by atoms with Crippen LogP contribution in [0.4, 0.5) is 0 Å². The van der Waals surface area contributed by atoms with Crippen LogP contribution in [0.2, 0.25) is 0 Å². The maximum absolute atomic E-state index is 12.7. The lowest BCUT2D eigenvalue weighted by Crippen LogP contribution is -2.42. The van der Waals surface area contributed by atoms with Gasteiger partial charge in [0.25, 0.3) is 0 Å². The Bertz CT molecular complexity index is 576. The SMILES string of the molecule is CCCC(=O)N1CCC[C@@H]1C(=O)[C@H](C#N)c1nc(C)cs1. The Morgan fingerprint density at radius 3 is 2.95 bits per heavy atom. The Balaban J connectivity index is 2.17. The molecule has 1 aromatic heterocycles. The fraction of sp³-hybridized carbons (Fsp3) is 0.600. The van der Waals surface area contributed by atoms with Crippen LogP contribution >= 0.6 is 11.3 Å². The highest BCUT2D eigenvalue weighted by atomic mass is 32.1. The molecule has 0 radical (unpaired) electrons. The first-order valence-corrected chi connectivity index (χ1v) is 8.11. The molecule has 5 nitrogen and oxygen atoms in total. The van der Waals surface area contributed by atoms with Gasteiger partial charge in [0.2, 0.25) is 5.91 Å². The van der Waals surface area contributed by atoms with Gasteiger partial charge in [-0.15, -0.1) is 11.3 Å². The molecule has 1 aliphatic heterocycles. The summed E-state index contributed by atoms with van der Waals surface area (Å²) >= 11 is 1.33. The van der Waals surface area contributed by atoms with Crippen molar-refractivity contribution in [2.24, 2.45) is 0 Å². The summed E-state index contributed by atoms with van der Waals surface area (Å²) < 4.78 is 0. The van der Waals surface area contributed by atoms with Crippen LogP contribution in [0.3, 0.4) is 0 Å². The van der Waals surface area contributed by atoms with Crippen LogP contribution in [-0.2, 0) is 9.59 Å². The number of Topliss-reactive ketones (excluding diaryl/α,β-unsaturated/α-hetero) is 1. The van der Waals surface area contributed by atoms with Crippen LogP contribution in [-0.4, -0.2) is 34.2 Å². The Morgan fingerprint density at radius 2 is 2.38 bits per heavy atom. The van der Waals surface area contributed by atoms with Crippen molar-refractivity contribution >= 4 is 23.0 Å². The molecular formula is C15H19N3O2S. The second-order valence-electron chi connectivity index (χ2n) is 5.29. The molecule has 1 amide bonds. The monoisotopic (exact) mass is 305 g/mol. The summed E-state index contributed by atoms with van der Waals surface area (Å²) in [6.45, 7) is 4.40. The van der Waals surface area contributed by atoms with Crippen LogP contribution < -0.4 is 0 Å². The molecule has 0 bridgehead atoms. The number of likely N-dealkylation sites (tertiary alicyclic amines) is 1. The highest BCUT2D eigenvalue weighted by Gasteiger charge is 2.38. The Labute approximate surface area is 128 Å². The lowest BCUT2D eigenvalue weighted by molar-refractivity contribution is -0.137. The zero-order valence-corrected chi connectivity index (χ0v) is 13.2. The van der Waals surface area contributed by atoms with E-state index in [0.29, 0.717) is 24.4 Å². The molecule has 0 aliphatic carbocycles. The quantitative estimate of drug-likeness (QED) is 0.837. The molecule has 0 unspecified atom stereocenters. The van der Waals surface area contributed by atoms with Gasteiger partial charge >= 0.3 is 0 Å². The van der Waals surface area contributed by atoms with Crippen molar-refractivity contribution in [3.8, 4) is 6.07 Å². The number of hydrogen-bond acceptors (Lipinski definition) is 5. The van der Waals surface area contributed by atoms with E-state index < -0.39 is 12.0 Å². The Kier molecular flexibility index (Phi) is 5.07. The van der Waals surface area contributed by atoms with Crippen molar-refractivity contribution in [3.05, 3.63) is 16.1 Å². The van der Waals surface area contributed by atoms with E-state index in [4.69, 9.17) is 0 Å². The topological polar surface area (TPSA) is 74.1 Å².